The van der Waals surface area contributed by atoms with Crippen LogP contribution >= 0.6 is 0 Å². The van der Waals surface area contributed by atoms with Gasteiger partial charge in [0, 0.05) is 13.2 Å². The summed E-state index contributed by atoms with van der Waals surface area (Å²) >= 11 is 0. The van der Waals surface area contributed by atoms with Crippen LogP contribution in [-0.2, 0) is 16.9 Å². The maximum absolute atomic E-state index is 12.2. The van der Waals surface area contributed by atoms with E-state index in [0.29, 0.717) is 6.29 Å². The number of hydrogen-bond acceptors (Lipinski definition) is 4. The average Bonchev–Trinajstić information content (AvgIpc) is 2.72. The first kappa shape index (κ1) is 11.5. The van der Waals surface area contributed by atoms with Crippen LogP contribution in [0, 0.1) is 0 Å². The van der Waals surface area contributed by atoms with Crippen molar-refractivity contribution in [3.63, 3.8) is 0 Å². The van der Waals surface area contributed by atoms with Gasteiger partial charge in [-0.3, -0.25) is 4.79 Å². The molecule has 0 fully saturated rings. The van der Waals surface area contributed by atoms with Crippen LogP contribution in [-0.4, -0.2) is 24.3 Å². The molecule has 0 unspecified atom stereocenters. The Hall–Kier alpha value is -1.95. The molecule has 6 heteroatoms. The van der Waals surface area contributed by atoms with Gasteiger partial charge in [0.1, 0.15) is 5.69 Å². The topological polar surface area (TPSA) is 69.0 Å². The molecule has 0 N–H and O–H groups in total. The zero-order valence-electron chi connectivity index (χ0n) is 9.07. The molecule has 0 aliphatic heterocycles. The first-order valence-corrected chi connectivity index (χ1v) is 6.32. The molecular weight excluding hydrogens is 240 g/mol. The van der Waals surface area contributed by atoms with Crippen molar-refractivity contribution >= 4 is 16.1 Å². The van der Waals surface area contributed by atoms with E-state index in [1.165, 1.54) is 29.9 Å². The van der Waals surface area contributed by atoms with Gasteiger partial charge in [-0.05, 0) is 12.1 Å². The van der Waals surface area contributed by atoms with Crippen LogP contribution in [0.5, 0.6) is 0 Å². The lowest BCUT2D eigenvalue weighted by Gasteiger charge is -2.03. The summed E-state index contributed by atoms with van der Waals surface area (Å²) in [6.07, 6.45) is 1.90. The molecule has 0 bridgehead atoms. The molecule has 0 aliphatic carbocycles. The smallest absolute Gasteiger partial charge is 0.240 e. The van der Waals surface area contributed by atoms with Crippen molar-refractivity contribution < 1.29 is 13.2 Å². The number of aryl methyl sites for hydroxylation is 1. The van der Waals surface area contributed by atoms with Crippen molar-refractivity contribution in [2.75, 3.05) is 0 Å². The van der Waals surface area contributed by atoms with Crippen molar-refractivity contribution in [2.24, 2.45) is 7.05 Å². The highest BCUT2D eigenvalue weighted by Gasteiger charge is 2.23. The van der Waals surface area contributed by atoms with E-state index >= 15 is 0 Å². The number of carbonyl (C=O) groups is 1. The summed E-state index contributed by atoms with van der Waals surface area (Å²) in [5.74, 6) is 0. The number of aldehydes is 1. The molecule has 17 heavy (non-hydrogen) atoms. The summed E-state index contributed by atoms with van der Waals surface area (Å²) in [7, 11) is -2.13. The fourth-order valence-corrected chi connectivity index (χ4v) is 2.87. The van der Waals surface area contributed by atoms with Crippen LogP contribution < -0.4 is 0 Å². The van der Waals surface area contributed by atoms with Crippen molar-refractivity contribution in [1.82, 2.24) is 9.55 Å². The van der Waals surface area contributed by atoms with Crippen LogP contribution in [0.15, 0.2) is 46.6 Å². The van der Waals surface area contributed by atoms with E-state index < -0.39 is 9.84 Å². The molecule has 1 heterocycles. The highest BCUT2D eigenvalue weighted by molar-refractivity contribution is 7.91. The molecule has 5 nitrogen and oxygen atoms in total. The molecule has 0 radical (unpaired) electrons. The number of carbonyl (C=O) groups excluding carboxylic acids is 1. The van der Waals surface area contributed by atoms with Crippen LogP contribution in [0.3, 0.4) is 0 Å². The summed E-state index contributed by atoms with van der Waals surface area (Å²) in [5, 5.41) is -0.134. The minimum absolute atomic E-state index is 0.0991. The standard InChI is InChI=1S/C11H10N2O3S/c1-13-7-9(8-14)12-11(13)17(15,16)10-5-3-2-4-6-10/h2-8H,1H3. The lowest BCUT2D eigenvalue weighted by atomic mass is 10.4. The molecule has 2 rings (SSSR count). The predicted octanol–water partition coefficient (Wildman–Crippen LogP) is 1.07. The van der Waals surface area contributed by atoms with Crippen molar-refractivity contribution in [1.29, 1.82) is 0 Å². The Morgan fingerprint density at radius 2 is 1.88 bits per heavy atom. The molecule has 0 saturated carbocycles. The van der Waals surface area contributed by atoms with E-state index in [4.69, 9.17) is 0 Å². The number of sulfone groups is 1. The number of aromatic nitrogens is 2. The quantitative estimate of drug-likeness (QED) is 0.764. The first-order valence-electron chi connectivity index (χ1n) is 4.84. The molecule has 0 spiro atoms. The molecule has 0 saturated heterocycles. The van der Waals surface area contributed by atoms with Gasteiger partial charge in [-0.25, -0.2) is 13.4 Å². The second-order valence-electron chi connectivity index (χ2n) is 3.49. The zero-order valence-corrected chi connectivity index (χ0v) is 9.89. The fourth-order valence-electron chi connectivity index (χ4n) is 1.48. The zero-order chi connectivity index (χ0) is 12.5. The van der Waals surface area contributed by atoms with Crippen LogP contribution in [0.1, 0.15) is 10.5 Å². The Morgan fingerprint density at radius 1 is 1.24 bits per heavy atom. The Kier molecular flexibility index (Phi) is 2.81. The third-order valence-electron chi connectivity index (χ3n) is 2.27. The van der Waals surface area contributed by atoms with Gasteiger partial charge in [-0.1, -0.05) is 18.2 Å². The van der Waals surface area contributed by atoms with E-state index in [2.05, 4.69) is 4.98 Å². The second-order valence-corrected chi connectivity index (χ2v) is 5.34. The lowest BCUT2D eigenvalue weighted by Crippen LogP contribution is -2.08. The molecule has 0 amide bonds. The van der Waals surface area contributed by atoms with E-state index in [-0.39, 0.29) is 15.7 Å². The summed E-state index contributed by atoms with van der Waals surface area (Å²) in [6, 6.07) is 7.98. The predicted molar refractivity (Wildman–Crippen MR) is 60.5 cm³/mol. The third kappa shape index (κ3) is 1.99. The van der Waals surface area contributed by atoms with Crippen LogP contribution in [0.4, 0.5) is 0 Å². The highest BCUT2D eigenvalue weighted by Crippen LogP contribution is 2.18. The van der Waals surface area contributed by atoms with Crippen molar-refractivity contribution in [3.05, 3.63) is 42.2 Å². The van der Waals surface area contributed by atoms with Gasteiger partial charge in [-0.2, -0.15) is 0 Å². The third-order valence-corrected chi connectivity index (χ3v) is 4.02. The van der Waals surface area contributed by atoms with E-state index in [1.54, 1.807) is 18.2 Å². The summed E-state index contributed by atoms with van der Waals surface area (Å²) in [6.45, 7) is 0. The minimum Gasteiger partial charge on any atom is -0.324 e. The van der Waals surface area contributed by atoms with Gasteiger partial charge in [0.25, 0.3) is 0 Å². The fraction of sp³-hybridized carbons (Fsp3) is 0.0909. The molecule has 2 aromatic rings. The number of imidazole rings is 1. The highest BCUT2D eigenvalue weighted by atomic mass is 32.2. The average molecular weight is 250 g/mol. The Labute approximate surface area is 98.6 Å². The maximum Gasteiger partial charge on any atom is 0.240 e. The Balaban J connectivity index is 2.60. The van der Waals surface area contributed by atoms with Gasteiger partial charge in [0.05, 0.1) is 4.90 Å². The monoisotopic (exact) mass is 250 g/mol. The lowest BCUT2D eigenvalue weighted by molar-refractivity contribution is 0.111. The van der Waals surface area contributed by atoms with Crippen LogP contribution in [0.25, 0.3) is 0 Å². The van der Waals surface area contributed by atoms with Gasteiger partial charge < -0.3 is 4.57 Å². The first-order chi connectivity index (χ1) is 8.05. The molecule has 0 aliphatic rings. The van der Waals surface area contributed by atoms with Gasteiger partial charge in [0.15, 0.2) is 6.29 Å². The summed E-state index contributed by atoms with van der Waals surface area (Å²) in [5.41, 5.74) is 0.0991. The Bertz CT molecular complexity index is 645. The van der Waals surface area contributed by atoms with Gasteiger partial charge in [-0.15, -0.1) is 0 Å². The van der Waals surface area contributed by atoms with Gasteiger partial charge >= 0.3 is 0 Å². The van der Waals surface area contributed by atoms with Crippen LogP contribution in [0.2, 0.25) is 0 Å². The number of rotatable bonds is 3. The summed E-state index contributed by atoms with van der Waals surface area (Å²) < 4.78 is 25.7. The SMILES string of the molecule is Cn1cc(C=O)nc1S(=O)(=O)c1ccccc1. The largest absolute Gasteiger partial charge is 0.324 e. The second kappa shape index (κ2) is 4.14. The van der Waals surface area contributed by atoms with Crippen molar-refractivity contribution in [2.45, 2.75) is 10.1 Å². The van der Waals surface area contributed by atoms with E-state index in [1.807, 2.05) is 0 Å². The number of benzene rings is 1. The molecular formula is C11H10N2O3S. The molecule has 0 atom stereocenters. The normalized spacial score (nSPS) is 11.4. The Morgan fingerprint density at radius 3 is 2.41 bits per heavy atom. The molecule has 88 valence electrons. The number of hydrogen-bond donors (Lipinski definition) is 0. The molecule has 1 aromatic heterocycles. The van der Waals surface area contributed by atoms with Crippen molar-refractivity contribution in [3.8, 4) is 0 Å². The molecule has 1 aromatic carbocycles. The minimum atomic E-state index is -3.67. The van der Waals surface area contributed by atoms with E-state index in [0.717, 1.165) is 0 Å². The summed E-state index contributed by atoms with van der Waals surface area (Å²) in [4.78, 5) is 14.5. The maximum atomic E-state index is 12.2. The number of nitrogens with zero attached hydrogens (tertiary/aromatic N) is 2. The van der Waals surface area contributed by atoms with Gasteiger partial charge in [0.2, 0.25) is 15.0 Å². The van der Waals surface area contributed by atoms with E-state index in [9.17, 15) is 13.2 Å².